The highest BCUT2D eigenvalue weighted by Crippen LogP contribution is 2.25. The molecule has 0 fully saturated rings. The second kappa shape index (κ2) is 6.36. The molecule has 1 heterocycles. The van der Waals surface area contributed by atoms with E-state index in [1.54, 1.807) is 0 Å². The van der Waals surface area contributed by atoms with Crippen molar-refractivity contribution in [1.29, 1.82) is 0 Å². The molecule has 1 aromatic heterocycles. The maximum atomic E-state index is 6.11. The van der Waals surface area contributed by atoms with Crippen LogP contribution in [0.1, 0.15) is 44.4 Å². The minimum Gasteiger partial charge on any atom is -0.313 e. The van der Waals surface area contributed by atoms with Gasteiger partial charge < -0.3 is 5.32 Å². The minimum absolute atomic E-state index is 0.435. The van der Waals surface area contributed by atoms with Gasteiger partial charge in [0.25, 0.3) is 0 Å². The molecule has 1 aromatic carbocycles. The molecule has 0 bridgehead atoms. The average Bonchev–Trinajstić information content (AvgIpc) is 2.39. The summed E-state index contributed by atoms with van der Waals surface area (Å²) in [6, 6.07) is 8.13. The number of hydrogen-bond acceptors (Lipinski definition) is 2. The zero-order valence-corrected chi connectivity index (χ0v) is 12.6. The first-order valence-corrected chi connectivity index (χ1v) is 7.29. The van der Waals surface area contributed by atoms with Crippen LogP contribution in [0.15, 0.2) is 24.3 Å². The minimum atomic E-state index is 0.435. The molecule has 19 heavy (non-hydrogen) atoms. The molecule has 0 atom stereocenters. The van der Waals surface area contributed by atoms with Crippen molar-refractivity contribution in [2.24, 2.45) is 0 Å². The van der Waals surface area contributed by atoms with Gasteiger partial charge in [-0.15, -0.1) is 0 Å². The molecule has 0 spiro atoms. The molecule has 0 amide bonds. The Morgan fingerprint density at radius 2 is 2.05 bits per heavy atom. The lowest BCUT2D eigenvalue weighted by Crippen LogP contribution is -2.14. The average molecular weight is 277 g/mol. The van der Waals surface area contributed by atoms with Gasteiger partial charge in [-0.25, -0.2) is 0 Å². The fourth-order valence-electron chi connectivity index (χ4n) is 2.13. The van der Waals surface area contributed by atoms with Crippen LogP contribution in [-0.2, 0) is 6.54 Å². The third kappa shape index (κ3) is 3.46. The fourth-order valence-corrected chi connectivity index (χ4v) is 2.30. The smallest absolute Gasteiger partial charge is 0.0709 e. The van der Waals surface area contributed by atoms with Crippen molar-refractivity contribution < 1.29 is 0 Å². The van der Waals surface area contributed by atoms with Crippen molar-refractivity contribution in [2.75, 3.05) is 6.54 Å². The van der Waals surface area contributed by atoms with Gasteiger partial charge in [0.2, 0.25) is 0 Å². The van der Waals surface area contributed by atoms with Crippen LogP contribution in [0.3, 0.4) is 0 Å². The number of nitrogens with zero attached hydrogens (tertiary/aromatic N) is 1. The van der Waals surface area contributed by atoms with E-state index in [1.807, 2.05) is 18.2 Å². The summed E-state index contributed by atoms with van der Waals surface area (Å²) < 4.78 is 0. The Kier molecular flexibility index (Phi) is 4.78. The van der Waals surface area contributed by atoms with Crippen molar-refractivity contribution >= 4 is 22.5 Å². The molecular formula is C16H21ClN2. The van der Waals surface area contributed by atoms with E-state index in [-0.39, 0.29) is 0 Å². The number of nitrogens with one attached hydrogen (secondary N) is 1. The first kappa shape index (κ1) is 14.3. The zero-order valence-electron chi connectivity index (χ0n) is 11.8. The normalized spacial score (nSPS) is 11.4. The highest BCUT2D eigenvalue weighted by molar-refractivity contribution is 6.31. The number of halogens is 1. The van der Waals surface area contributed by atoms with Gasteiger partial charge in [-0.1, -0.05) is 32.4 Å². The van der Waals surface area contributed by atoms with E-state index in [0.29, 0.717) is 5.92 Å². The molecule has 0 aliphatic heterocycles. The summed E-state index contributed by atoms with van der Waals surface area (Å²) in [5.41, 5.74) is 3.46. The van der Waals surface area contributed by atoms with Crippen LogP contribution in [0.5, 0.6) is 0 Å². The standard InChI is InChI=1S/C16H21ClN2/c1-4-7-18-10-12-8-16(11(2)3)19-15-6-5-13(17)9-14(12)15/h5-6,8-9,11,18H,4,7,10H2,1-3H3. The van der Waals surface area contributed by atoms with Crippen molar-refractivity contribution in [2.45, 2.75) is 39.7 Å². The first-order chi connectivity index (χ1) is 9.11. The number of benzene rings is 1. The van der Waals surface area contributed by atoms with Crippen molar-refractivity contribution in [3.8, 4) is 0 Å². The van der Waals surface area contributed by atoms with Crippen LogP contribution in [0.4, 0.5) is 0 Å². The zero-order chi connectivity index (χ0) is 13.8. The van der Waals surface area contributed by atoms with Crippen molar-refractivity contribution in [1.82, 2.24) is 10.3 Å². The number of pyridine rings is 1. The Bertz CT molecular complexity index is 564. The van der Waals surface area contributed by atoms with Gasteiger partial charge in [0.1, 0.15) is 0 Å². The lowest BCUT2D eigenvalue weighted by Gasteiger charge is -2.12. The van der Waals surface area contributed by atoms with Gasteiger partial charge in [0.15, 0.2) is 0 Å². The second-order valence-electron chi connectivity index (χ2n) is 5.20. The first-order valence-electron chi connectivity index (χ1n) is 6.91. The Morgan fingerprint density at radius 1 is 1.26 bits per heavy atom. The maximum Gasteiger partial charge on any atom is 0.0709 e. The summed E-state index contributed by atoms with van der Waals surface area (Å²) in [4.78, 5) is 4.72. The van der Waals surface area contributed by atoms with E-state index < -0.39 is 0 Å². The monoisotopic (exact) mass is 276 g/mol. The summed E-state index contributed by atoms with van der Waals surface area (Å²) in [6.07, 6.45) is 1.14. The third-order valence-electron chi connectivity index (χ3n) is 3.21. The molecule has 102 valence electrons. The SMILES string of the molecule is CCCNCc1cc(C(C)C)nc2ccc(Cl)cc12. The van der Waals surface area contributed by atoms with E-state index in [0.717, 1.165) is 41.1 Å². The summed E-state index contributed by atoms with van der Waals surface area (Å²) in [5.74, 6) is 0.435. The van der Waals surface area contributed by atoms with Crippen LogP contribution in [0, 0.1) is 0 Å². The predicted octanol–water partition coefficient (Wildman–Crippen LogP) is 4.51. The Morgan fingerprint density at radius 3 is 2.74 bits per heavy atom. The Balaban J connectivity index is 2.46. The molecule has 3 heteroatoms. The van der Waals surface area contributed by atoms with Crippen LogP contribution < -0.4 is 5.32 Å². The van der Waals surface area contributed by atoms with Gasteiger partial charge in [0, 0.05) is 22.6 Å². The highest BCUT2D eigenvalue weighted by atomic mass is 35.5. The second-order valence-corrected chi connectivity index (χ2v) is 5.64. The molecule has 0 saturated carbocycles. The fraction of sp³-hybridized carbons (Fsp3) is 0.438. The molecule has 1 N–H and O–H groups in total. The Hall–Kier alpha value is -1.12. The molecule has 2 aromatic rings. The van der Waals surface area contributed by atoms with Gasteiger partial charge in [-0.05, 0) is 48.7 Å². The topological polar surface area (TPSA) is 24.9 Å². The molecule has 0 radical (unpaired) electrons. The highest BCUT2D eigenvalue weighted by Gasteiger charge is 2.08. The number of aromatic nitrogens is 1. The quantitative estimate of drug-likeness (QED) is 0.813. The lowest BCUT2D eigenvalue weighted by atomic mass is 10.0. The van der Waals surface area contributed by atoms with E-state index >= 15 is 0 Å². The molecule has 0 aliphatic carbocycles. The van der Waals surface area contributed by atoms with Crippen molar-refractivity contribution in [3.63, 3.8) is 0 Å². The largest absolute Gasteiger partial charge is 0.313 e. The summed E-state index contributed by atoms with van der Waals surface area (Å²) in [7, 11) is 0. The lowest BCUT2D eigenvalue weighted by molar-refractivity contribution is 0.676. The Labute approximate surface area is 120 Å². The molecule has 2 rings (SSSR count). The van der Waals surface area contributed by atoms with Crippen LogP contribution in [0.2, 0.25) is 5.02 Å². The van der Waals surface area contributed by atoms with Gasteiger partial charge in [0.05, 0.1) is 5.52 Å². The summed E-state index contributed by atoms with van der Waals surface area (Å²) >= 11 is 6.11. The number of hydrogen-bond donors (Lipinski definition) is 1. The third-order valence-corrected chi connectivity index (χ3v) is 3.45. The van der Waals surface area contributed by atoms with E-state index in [9.17, 15) is 0 Å². The molecule has 0 saturated heterocycles. The van der Waals surface area contributed by atoms with E-state index in [2.05, 4.69) is 32.2 Å². The van der Waals surface area contributed by atoms with Crippen molar-refractivity contribution in [3.05, 3.63) is 40.5 Å². The molecule has 0 unspecified atom stereocenters. The maximum absolute atomic E-state index is 6.11. The van der Waals surface area contributed by atoms with Gasteiger partial charge in [-0.3, -0.25) is 4.98 Å². The molecule has 2 nitrogen and oxygen atoms in total. The van der Waals surface area contributed by atoms with E-state index in [4.69, 9.17) is 16.6 Å². The van der Waals surface area contributed by atoms with Crippen LogP contribution >= 0.6 is 11.6 Å². The summed E-state index contributed by atoms with van der Waals surface area (Å²) in [6.45, 7) is 8.42. The number of rotatable bonds is 5. The molecular weight excluding hydrogens is 256 g/mol. The summed E-state index contributed by atoms with van der Waals surface area (Å²) in [5, 5.41) is 5.38. The number of fused-ring (bicyclic) bond motifs is 1. The predicted molar refractivity (Wildman–Crippen MR) is 82.8 cm³/mol. The van der Waals surface area contributed by atoms with Gasteiger partial charge in [-0.2, -0.15) is 0 Å². The van der Waals surface area contributed by atoms with Gasteiger partial charge >= 0.3 is 0 Å². The van der Waals surface area contributed by atoms with Crippen LogP contribution in [0.25, 0.3) is 10.9 Å². The molecule has 0 aliphatic rings. The van der Waals surface area contributed by atoms with E-state index in [1.165, 1.54) is 5.56 Å². The van der Waals surface area contributed by atoms with Crippen LogP contribution in [-0.4, -0.2) is 11.5 Å².